The number of aromatic nitrogens is 2. The molecule has 0 spiro atoms. The van der Waals surface area contributed by atoms with E-state index in [0.717, 1.165) is 11.0 Å². The fourth-order valence-electron chi connectivity index (χ4n) is 1.31. The fraction of sp³-hybridized carbons (Fsp3) is 0.222. The Morgan fingerprint density at radius 1 is 1.38 bits per heavy atom. The standard InChI is InChI=1S/C9H10N2O2/c1-2-13-7-5-3-4-6-8(7)11-9(12)10-6/h3-5H,2H2,1H3,(H2,10,11,12). The van der Waals surface area contributed by atoms with Crippen molar-refractivity contribution in [3.8, 4) is 5.75 Å². The number of imidazole rings is 1. The summed E-state index contributed by atoms with van der Waals surface area (Å²) in [5, 5.41) is 0. The topological polar surface area (TPSA) is 57.9 Å². The van der Waals surface area contributed by atoms with Crippen LogP contribution in [0.1, 0.15) is 6.92 Å². The first-order valence-corrected chi connectivity index (χ1v) is 4.15. The molecule has 2 aromatic rings. The Morgan fingerprint density at radius 2 is 2.23 bits per heavy atom. The summed E-state index contributed by atoms with van der Waals surface area (Å²) < 4.78 is 5.34. The van der Waals surface area contributed by atoms with E-state index in [1.54, 1.807) is 0 Å². The molecule has 1 aromatic carbocycles. The molecule has 13 heavy (non-hydrogen) atoms. The van der Waals surface area contributed by atoms with Crippen LogP contribution in [0.4, 0.5) is 0 Å². The van der Waals surface area contributed by atoms with Gasteiger partial charge in [-0.1, -0.05) is 6.07 Å². The van der Waals surface area contributed by atoms with E-state index in [-0.39, 0.29) is 5.69 Å². The van der Waals surface area contributed by atoms with Gasteiger partial charge in [0.1, 0.15) is 11.3 Å². The number of nitrogens with one attached hydrogen (secondary N) is 2. The van der Waals surface area contributed by atoms with E-state index >= 15 is 0 Å². The van der Waals surface area contributed by atoms with Crippen molar-refractivity contribution in [3.63, 3.8) is 0 Å². The van der Waals surface area contributed by atoms with Crippen molar-refractivity contribution >= 4 is 11.0 Å². The summed E-state index contributed by atoms with van der Waals surface area (Å²) in [4.78, 5) is 16.3. The van der Waals surface area contributed by atoms with Crippen LogP contribution in [-0.4, -0.2) is 16.6 Å². The Bertz CT molecular complexity index is 470. The van der Waals surface area contributed by atoms with E-state index in [9.17, 15) is 4.79 Å². The molecule has 1 heterocycles. The summed E-state index contributed by atoms with van der Waals surface area (Å²) in [6, 6.07) is 5.50. The van der Waals surface area contributed by atoms with Crippen molar-refractivity contribution < 1.29 is 4.74 Å². The van der Waals surface area contributed by atoms with Gasteiger partial charge in [0.25, 0.3) is 0 Å². The smallest absolute Gasteiger partial charge is 0.323 e. The SMILES string of the molecule is CCOc1cccc2[nH]c(=O)[nH]c12. The van der Waals surface area contributed by atoms with E-state index in [4.69, 9.17) is 4.74 Å². The summed E-state index contributed by atoms with van der Waals surface area (Å²) in [5.74, 6) is 0.707. The third-order valence-electron chi connectivity index (χ3n) is 1.81. The second-order valence-corrected chi connectivity index (χ2v) is 2.69. The van der Waals surface area contributed by atoms with E-state index < -0.39 is 0 Å². The molecule has 0 fully saturated rings. The lowest BCUT2D eigenvalue weighted by Crippen LogP contribution is -1.99. The molecule has 0 aliphatic heterocycles. The van der Waals surface area contributed by atoms with Gasteiger partial charge in [-0.2, -0.15) is 0 Å². The molecule has 2 N–H and O–H groups in total. The monoisotopic (exact) mass is 178 g/mol. The van der Waals surface area contributed by atoms with Crippen LogP contribution in [-0.2, 0) is 0 Å². The molecule has 2 rings (SSSR count). The molecule has 0 aliphatic carbocycles. The molecule has 0 saturated heterocycles. The minimum absolute atomic E-state index is 0.206. The second kappa shape index (κ2) is 2.97. The maximum absolute atomic E-state index is 11.0. The number of benzene rings is 1. The minimum Gasteiger partial charge on any atom is -0.492 e. The van der Waals surface area contributed by atoms with Crippen LogP contribution in [0, 0.1) is 0 Å². The van der Waals surface area contributed by atoms with Crippen LogP contribution in [0.15, 0.2) is 23.0 Å². The predicted molar refractivity (Wildman–Crippen MR) is 50.1 cm³/mol. The highest BCUT2D eigenvalue weighted by molar-refractivity contribution is 5.80. The van der Waals surface area contributed by atoms with Gasteiger partial charge in [0.05, 0.1) is 12.1 Å². The molecule has 0 radical (unpaired) electrons. The van der Waals surface area contributed by atoms with Crippen LogP contribution in [0.5, 0.6) is 5.75 Å². The molecular formula is C9H10N2O2. The van der Waals surface area contributed by atoms with Crippen LogP contribution >= 0.6 is 0 Å². The van der Waals surface area contributed by atoms with Crippen LogP contribution < -0.4 is 10.4 Å². The van der Waals surface area contributed by atoms with Gasteiger partial charge >= 0.3 is 5.69 Å². The average Bonchev–Trinajstić information content (AvgIpc) is 2.47. The third-order valence-corrected chi connectivity index (χ3v) is 1.81. The normalized spacial score (nSPS) is 10.5. The molecule has 0 bridgehead atoms. The lowest BCUT2D eigenvalue weighted by Gasteiger charge is -2.02. The number of hydrogen-bond donors (Lipinski definition) is 2. The minimum atomic E-state index is -0.206. The van der Waals surface area contributed by atoms with Crippen molar-refractivity contribution in [1.82, 2.24) is 9.97 Å². The van der Waals surface area contributed by atoms with Crippen LogP contribution in [0.3, 0.4) is 0 Å². The average molecular weight is 178 g/mol. The molecule has 0 saturated carbocycles. The van der Waals surface area contributed by atoms with Gasteiger partial charge in [-0.15, -0.1) is 0 Å². The highest BCUT2D eigenvalue weighted by Gasteiger charge is 2.03. The Kier molecular flexibility index (Phi) is 1.81. The van der Waals surface area contributed by atoms with Gasteiger partial charge in [0, 0.05) is 0 Å². The largest absolute Gasteiger partial charge is 0.492 e. The van der Waals surface area contributed by atoms with E-state index in [1.165, 1.54) is 0 Å². The molecule has 68 valence electrons. The quantitative estimate of drug-likeness (QED) is 0.727. The first-order chi connectivity index (χ1) is 6.31. The Labute approximate surface area is 74.5 Å². The van der Waals surface area contributed by atoms with Gasteiger partial charge in [0.2, 0.25) is 0 Å². The first kappa shape index (κ1) is 7.91. The highest BCUT2D eigenvalue weighted by Crippen LogP contribution is 2.20. The zero-order valence-electron chi connectivity index (χ0n) is 7.26. The predicted octanol–water partition coefficient (Wildman–Crippen LogP) is 1.25. The molecule has 0 unspecified atom stereocenters. The van der Waals surface area contributed by atoms with E-state index in [1.807, 2.05) is 25.1 Å². The molecule has 0 aliphatic rings. The number of hydrogen-bond acceptors (Lipinski definition) is 2. The Balaban J connectivity index is 2.67. The summed E-state index contributed by atoms with van der Waals surface area (Å²) in [6.45, 7) is 2.50. The van der Waals surface area contributed by atoms with Crippen molar-refractivity contribution in [3.05, 3.63) is 28.7 Å². The van der Waals surface area contributed by atoms with E-state index in [2.05, 4.69) is 9.97 Å². The maximum Gasteiger partial charge on any atom is 0.323 e. The van der Waals surface area contributed by atoms with Gasteiger partial charge in [-0.05, 0) is 19.1 Å². The zero-order chi connectivity index (χ0) is 9.26. The Morgan fingerprint density at radius 3 is 3.00 bits per heavy atom. The lowest BCUT2D eigenvalue weighted by molar-refractivity contribution is 0.343. The summed E-state index contributed by atoms with van der Waals surface area (Å²) >= 11 is 0. The summed E-state index contributed by atoms with van der Waals surface area (Å²) in [6.07, 6.45) is 0. The van der Waals surface area contributed by atoms with E-state index in [0.29, 0.717) is 12.4 Å². The molecule has 1 aromatic heterocycles. The third kappa shape index (κ3) is 1.30. The lowest BCUT2D eigenvalue weighted by atomic mass is 10.3. The molecule has 0 amide bonds. The number of fused-ring (bicyclic) bond motifs is 1. The zero-order valence-corrected chi connectivity index (χ0v) is 7.26. The van der Waals surface area contributed by atoms with Crippen LogP contribution in [0.25, 0.3) is 11.0 Å². The van der Waals surface area contributed by atoms with Gasteiger partial charge in [-0.3, -0.25) is 0 Å². The molecule has 4 heteroatoms. The van der Waals surface area contributed by atoms with Gasteiger partial charge < -0.3 is 14.7 Å². The van der Waals surface area contributed by atoms with Crippen molar-refractivity contribution in [2.75, 3.05) is 6.61 Å². The fourth-order valence-corrected chi connectivity index (χ4v) is 1.31. The number of H-pyrrole nitrogens is 2. The van der Waals surface area contributed by atoms with Crippen molar-refractivity contribution in [1.29, 1.82) is 0 Å². The summed E-state index contributed by atoms with van der Waals surface area (Å²) in [7, 11) is 0. The molecule has 4 nitrogen and oxygen atoms in total. The van der Waals surface area contributed by atoms with Crippen LogP contribution in [0.2, 0.25) is 0 Å². The Hall–Kier alpha value is -1.71. The summed E-state index contributed by atoms with van der Waals surface area (Å²) in [5.41, 5.74) is 1.30. The molecular weight excluding hydrogens is 168 g/mol. The van der Waals surface area contributed by atoms with Crippen molar-refractivity contribution in [2.45, 2.75) is 6.92 Å². The molecule has 0 atom stereocenters. The van der Waals surface area contributed by atoms with Gasteiger partial charge in [0.15, 0.2) is 0 Å². The van der Waals surface area contributed by atoms with Crippen molar-refractivity contribution in [2.24, 2.45) is 0 Å². The highest BCUT2D eigenvalue weighted by atomic mass is 16.5. The number of aromatic amines is 2. The van der Waals surface area contributed by atoms with Gasteiger partial charge in [-0.25, -0.2) is 4.79 Å². The second-order valence-electron chi connectivity index (χ2n) is 2.69. The number of ether oxygens (including phenoxy) is 1. The first-order valence-electron chi connectivity index (χ1n) is 4.15. The number of para-hydroxylation sites is 1. The number of rotatable bonds is 2. The maximum atomic E-state index is 11.0.